The minimum atomic E-state index is -4.95. The fraction of sp³-hybridized carbons (Fsp3) is 0.250. The number of carbonyl (C=O) groups is 2. The third-order valence-corrected chi connectivity index (χ3v) is 6.14. The van der Waals surface area contributed by atoms with E-state index >= 15 is 0 Å². The summed E-state index contributed by atoms with van der Waals surface area (Å²) in [6.45, 7) is 5.12. The van der Waals surface area contributed by atoms with Crippen molar-refractivity contribution in [3.63, 3.8) is 0 Å². The molecule has 0 spiro atoms. The molecular weight excluding hydrogens is 556 g/mol. The second-order valence-electron chi connectivity index (χ2n) is 8.47. The number of ether oxygens (including phenoxy) is 3. The summed E-state index contributed by atoms with van der Waals surface area (Å²) in [6, 6.07) is 9.52. The largest absolute Gasteiger partial charge is 0.573 e. The molecule has 198 valence electrons. The third-order valence-electron chi connectivity index (χ3n) is 4.44. The lowest BCUT2D eigenvalue weighted by Crippen LogP contribution is -2.25. The van der Waals surface area contributed by atoms with Gasteiger partial charge in [0.25, 0.3) is 0 Å². The van der Waals surface area contributed by atoms with Crippen LogP contribution in [0.4, 0.5) is 28.7 Å². The molecule has 0 aliphatic carbocycles. The fourth-order valence-electron chi connectivity index (χ4n) is 2.98. The van der Waals surface area contributed by atoms with E-state index in [1.54, 1.807) is 51.1 Å². The highest BCUT2D eigenvalue weighted by Crippen LogP contribution is 2.39. The summed E-state index contributed by atoms with van der Waals surface area (Å²) < 4.78 is 51.9. The first-order valence-electron chi connectivity index (χ1n) is 10.5. The lowest BCUT2D eigenvalue weighted by atomic mass is 10.1. The number of amides is 2. The maximum Gasteiger partial charge on any atom is 0.573 e. The molecule has 1 heterocycles. The molecule has 0 radical (unpaired) electrons. The first-order valence-corrected chi connectivity index (χ1v) is 12.1. The number of anilines is 2. The summed E-state index contributed by atoms with van der Waals surface area (Å²) in [6.07, 6.45) is -4.95. The maximum atomic E-state index is 12.9. The van der Waals surface area contributed by atoms with Crippen LogP contribution in [0.3, 0.4) is 0 Å². The van der Waals surface area contributed by atoms with Crippen LogP contribution in [-0.2, 0) is 4.74 Å². The van der Waals surface area contributed by atoms with E-state index in [1.807, 2.05) is 0 Å². The number of hydrogen-bond donors (Lipinski definition) is 2. The van der Waals surface area contributed by atoms with Crippen LogP contribution in [0.5, 0.6) is 11.5 Å². The van der Waals surface area contributed by atoms with Crippen molar-refractivity contribution < 1.29 is 37.0 Å². The number of methoxy groups -OCH3 is 1. The van der Waals surface area contributed by atoms with Crippen molar-refractivity contribution in [3.05, 3.63) is 58.1 Å². The molecule has 3 aromatic rings. The molecule has 0 aliphatic rings. The molecule has 0 saturated heterocycles. The molecule has 0 fully saturated rings. The molecule has 1 aromatic heterocycles. The molecule has 2 aromatic carbocycles. The number of thiophene rings is 1. The van der Waals surface area contributed by atoms with E-state index in [0.717, 1.165) is 29.0 Å². The van der Waals surface area contributed by atoms with E-state index in [1.165, 1.54) is 7.11 Å². The van der Waals surface area contributed by atoms with Gasteiger partial charge in [0.15, 0.2) is 0 Å². The number of halogens is 5. The highest BCUT2D eigenvalue weighted by Gasteiger charge is 2.32. The van der Waals surface area contributed by atoms with Crippen LogP contribution in [-0.4, -0.2) is 31.1 Å². The predicted octanol–water partition coefficient (Wildman–Crippen LogP) is 8.23. The van der Waals surface area contributed by atoms with E-state index in [0.29, 0.717) is 10.6 Å². The SMILES string of the molecule is COc1ccc(-c2cc(C(=O)OC(C)(C)C)c(NC(=O)Nc3c(Cl)cc(OC(F)(F)F)cc3Cl)s2)cc1. The van der Waals surface area contributed by atoms with Crippen molar-refractivity contribution in [3.8, 4) is 21.9 Å². The Bertz CT molecular complexity index is 1280. The number of carbonyl (C=O) groups excluding carboxylic acids is 2. The first-order chi connectivity index (χ1) is 17.1. The van der Waals surface area contributed by atoms with E-state index in [-0.39, 0.29) is 26.3 Å². The van der Waals surface area contributed by atoms with Crippen LogP contribution in [0, 0.1) is 0 Å². The smallest absolute Gasteiger partial charge is 0.497 e. The fourth-order valence-corrected chi connectivity index (χ4v) is 4.58. The Kier molecular flexibility index (Phi) is 8.51. The standard InChI is InChI=1S/C24H21Cl2F3N2O5S/c1-23(2,3)36-21(32)15-11-18(12-5-7-13(34-4)8-6-12)37-20(15)31-22(33)30-19-16(25)9-14(10-17(19)26)35-24(27,28)29/h5-11H,1-4H3,(H2,30,31,33). The lowest BCUT2D eigenvalue weighted by molar-refractivity contribution is -0.274. The minimum Gasteiger partial charge on any atom is -0.497 e. The molecule has 0 bridgehead atoms. The van der Waals surface area contributed by atoms with Crippen molar-refractivity contribution in [2.75, 3.05) is 17.7 Å². The van der Waals surface area contributed by atoms with Gasteiger partial charge >= 0.3 is 18.4 Å². The average Bonchev–Trinajstić information content (AvgIpc) is 3.18. The summed E-state index contributed by atoms with van der Waals surface area (Å²) in [5, 5.41) is 4.53. The lowest BCUT2D eigenvalue weighted by Gasteiger charge is -2.19. The second-order valence-corrected chi connectivity index (χ2v) is 10.3. The Hall–Kier alpha value is -3.15. The van der Waals surface area contributed by atoms with Gasteiger partial charge in [0.1, 0.15) is 22.1 Å². The molecule has 3 rings (SSSR count). The van der Waals surface area contributed by atoms with E-state index in [4.69, 9.17) is 32.7 Å². The predicted molar refractivity (Wildman–Crippen MR) is 137 cm³/mol. The Balaban J connectivity index is 1.88. The van der Waals surface area contributed by atoms with Gasteiger partial charge in [-0.05, 0) is 56.7 Å². The van der Waals surface area contributed by atoms with Crippen molar-refractivity contribution in [2.24, 2.45) is 0 Å². The molecule has 0 aliphatic heterocycles. The van der Waals surface area contributed by atoms with Crippen molar-refractivity contribution in [2.45, 2.75) is 32.7 Å². The summed E-state index contributed by atoms with van der Waals surface area (Å²) in [5.41, 5.74) is -0.0800. The van der Waals surface area contributed by atoms with Gasteiger partial charge in [-0.2, -0.15) is 0 Å². The molecule has 0 unspecified atom stereocenters. The third kappa shape index (κ3) is 7.91. The van der Waals surface area contributed by atoms with Gasteiger partial charge in [-0.25, -0.2) is 9.59 Å². The summed E-state index contributed by atoms with van der Waals surface area (Å²) >= 11 is 13.1. The molecule has 2 amide bonds. The monoisotopic (exact) mass is 576 g/mol. The topological polar surface area (TPSA) is 85.9 Å². The summed E-state index contributed by atoms with van der Waals surface area (Å²) in [7, 11) is 1.54. The van der Waals surface area contributed by atoms with Gasteiger partial charge in [-0.3, -0.25) is 5.32 Å². The second kappa shape index (κ2) is 11.1. The number of benzene rings is 2. The highest BCUT2D eigenvalue weighted by atomic mass is 35.5. The number of nitrogens with one attached hydrogen (secondary N) is 2. The van der Waals surface area contributed by atoms with Crippen molar-refractivity contribution in [1.82, 2.24) is 0 Å². The Morgan fingerprint density at radius 2 is 1.51 bits per heavy atom. The van der Waals surface area contributed by atoms with Crippen LogP contribution in [0.1, 0.15) is 31.1 Å². The summed E-state index contributed by atoms with van der Waals surface area (Å²) in [4.78, 5) is 26.3. The van der Waals surface area contributed by atoms with Gasteiger partial charge in [-0.1, -0.05) is 23.2 Å². The molecule has 13 heteroatoms. The number of hydrogen-bond acceptors (Lipinski definition) is 6. The van der Waals surface area contributed by atoms with Gasteiger partial charge in [0.2, 0.25) is 0 Å². The van der Waals surface area contributed by atoms with Crippen LogP contribution in [0.15, 0.2) is 42.5 Å². The zero-order chi connectivity index (χ0) is 27.5. The van der Waals surface area contributed by atoms with Crippen molar-refractivity contribution in [1.29, 1.82) is 0 Å². The molecule has 0 saturated carbocycles. The normalized spacial score (nSPS) is 11.6. The Morgan fingerprint density at radius 1 is 0.919 bits per heavy atom. The first kappa shape index (κ1) is 28.4. The molecule has 0 atom stereocenters. The van der Waals surface area contributed by atoms with Crippen LogP contribution in [0.2, 0.25) is 10.0 Å². The average molecular weight is 577 g/mol. The minimum absolute atomic E-state index is 0.104. The van der Waals surface area contributed by atoms with E-state index < -0.39 is 29.7 Å². The van der Waals surface area contributed by atoms with Gasteiger partial charge in [0, 0.05) is 17.0 Å². The van der Waals surface area contributed by atoms with Crippen LogP contribution >= 0.6 is 34.5 Å². The van der Waals surface area contributed by atoms with E-state index in [9.17, 15) is 22.8 Å². The molecule has 37 heavy (non-hydrogen) atoms. The highest BCUT2D eigenvalue weighted by molar-refractivity contribution is 7.20. The number of alkyl halides is 3. The Labute approximate surface area is 224 Å². The van der Waals surface area contributed by atoms with Gasteiger partial charge in [0.05, 0.1) is 28.4 Å². The van der Waals surface area contributed by atoms with Crippen LogP contribution in [0.25, 0.3) is 10.4 Å². The Morgan fingerprint density at radius 3 is 2.03 bits per heavy atom. The van der Waals surface area contributed by atoms with Crippen molar-refractivity contribution >= 4 is 57.2 Å². The quantitative estimate of drug-likeness (QED) is 0.288. The maximum absolute atomic E-state index is 12.9. The molecule has 2 N–H and O–H groups in total. The number of urea groups is 1. The van der Waals surface area contributed by atoms with Gasteiger partial charge in [-0.15, -0.1) is 24.5 Å². The van der Waals surface area contributed by atoms with E-state index in [2.05, 4.69) is 15.4 Å². The van der Waals surface area contributed by atoms with Gasteiger partial charge < -0.3 is 19.5 Å². The zero-order valence-electron chi connectivity index (χ0n) is 19.9. The molecular formula is C24H21Cl2F3N2O5S. The van der Waals surface area contributed by atoms with Crippen LogP contribution < -0.4 is 20.1 Å². The number of esters is 1. The molecule has 7 nitrogen and oxygen atoms in total. The number of rotatable bonds is 6. The zero-order valence-corrected chi connectivity index (χ0v) is 22.2. The summed E-state index contributed by atoms with van der Waals surface area (Å²) in [5.74, 6) is -0.669.